The third kappa shape index (κ3) is 4.77. The molecule has 0 aliphatic rings. The van der Waals surface area contributed by atoms with Gasteiger partial charge in [-0.1, -0.05) is 23.3 Å². The van der Waals surface area contributed by atoms with Gasteiger partial charge in [-0.3, -0.25) is 14.0 Å². The Morgan fingerprint density at radius 1 is 1.14 bits per heavy atom. The van der Waals surface area contributed by atoms with Crippen LogP contribution < -0.4 is 11.0 Å². The van der Waals surface area contributed by atoms with Gasteiger partial charge in [-0.15, -0.1) is 0 Å². The summed E-state index contributed by atoms with van der Waals surface area (Å²) in [4.78, 5) is 35.7. The first-order valence-corrected chi connectivity index (χ1v) is 11.5. The fourth-order valence-electron chi connectivity index (χ4n) is 4.23. The summed E-state index contributed by atoms with van der Waals surface area (Å²) >= 11 is 0. The molecule has 0 aliphatic carbocycles. The van der Waals surface area contributed by atoms with Crippen molar-refractivity contribution in [2.75, 3.05) is 13.2 Å². The first kappa shape index (κ1) is 24.0. The maximum atomic E-state index is 13.3. The van der Waals surface area contributed by atoms with Crippen LogP contribution in [0.1, 0.15) is 46.0 Å². The molecule has 0 unspecified atom stereocenters. The summed E-state index contributed by atoms with van der Waals surface area (Å²) in [5.41, 5.74) is 4.11. The van der Waals surface area contributed by atoms with Gasteiger partial charge in [0.1, 0.15) is 17.4 Å². The quantitative estimate of drug-likeness (QED) is 0.317. The number of aromatic nitrogens is 3. The Kier molecular flexibility index (Phi) is 6.90. The topological polar surface area (TPSA) is 102 Å². The molecule has 0 N–H and O–H groups in total. The number of pyridine rings is 2. The van der Waals surface area contributed by atoms with Crippen LogP contribution in [0.5, 0.6) is 0 Å². The molecule has 0 bridgehead atoms. The van der Waals surface area contributed by atoms with E-state index in [1.807, 2.05) is 39.8 Å². The first-order chi connectivity index (χ1) is 16.8. The molecule has 0 radical (unpaired) electrons. The van der Waals surface area contributed by atoms with Crippen LogP contribution in [0, 0.1) is 32.1 Å². The minimum absolute atomic E-state index is 0.137. The van der Waals surface area contributed by atoms with Crippen molar-refractivity contribution in [3.63, 3.8) is 0 Å². The molecule has 4 aromatic rings. The molecular formula is C27H27N5O3. The molecule has 178 valence electrons. The van der Waals surface area contributed by atoms with Gasteiger partial charge in [-0.05, 0) is 63.9 Å². The number of rotatable bonds is 6. The molecule has 4 rings (SSSR count). The van der Waals surface area contributed by atoms with Gasteiger partial charge in [0.05, 0.1) is 10.9 Å². The van der Waals surface area contributed by atoms with Crippen LogP contribution >= 0.6 is 0 Å². The second kappa shape index (κ2) is 10.0. The van der Waals surface area contributed by atoms with Crippen LogP contribution in [0.3, 0.4) is 0 Å². The van der Waals surface area contributed by atoms with E-state index >= 15 is 0 Å². The summed E-state index contributed by atoms with van der Waals surface area (Å²) in [6, 6.07) is 12.8. The van der Waals surface area contributed by atoms with Crippen molar-refractivity contribution in [2.24, 2.45) is 4.99 Å². The van der Waals surface area contributed by atoms with E-state index < -0.39 is 5.91 Å². The molecule has 3 heterocycles. The van der Waals surface area contributed by atoms with Gasteiger partial charge in [-0.2, -0.15) is 10.3 Å². The van der Waals surface area contributed by atoms with Crippen molar-refractivity contribution >= 4 is 22.6 Å². The van der Waals surface area contributed by atoms with E-state index in [9.17, 15) is 14.9 Å². The molecule has 35 heavy (non-hydrogen) atoms. The van der Waals surface area contributed by atoms with Crippen LogP contribution in [0.15, 0.2) is 52.4 Å². The van der Waals surface area contributed by atoms with Gasteiger partial charge in [0.25, 0.3) is 11.5 Å². The van der Waals surface area contributed by atoms with Gasteiger partial charge in [0.2, 0.25) is 0 Å². The Bertz CT molecular complexity index is 1600. The summed E-state index contributed by atoms with van der Waals surface area (Å²) < 4.78 is 8.66. The van der Waals surface area contributed by atoms with Crippen LogP contribution in [0.2, 0.25) is 0 Å². The predicted octanol–water partition coefficient (Wildman–Crippen LogP) is 3.61. The SMILES string of the molecule is CCOCCCn1c(=NC(=O)c2cc(C)cc(C)c2)c(C#N)cc2c(=O)n3cccc(C)c3nc21. The lowest BCUT2D eigenvalue weighted by molar-refractivity contribution is 0.0996. The maximum Gasteiger partial charge on any atom is 0.279 e. The number of benzene rings is 1. The Morgan fingerprint density at radius 2 is 1.89 bits per heavy atom. The second-order valence-electron chi connectivity index (χ2n) is 8.53. The number of nitriles is 1. The van der Waals surface area contributed by atoms with Crippen molar-refractivity contribution in [1.29, 1.82) is 5.26 Å². The molecular weight excluding hydrogens is 442 g/mol. The van der Waals surface area contributed by atoms with E-state index in [4.69, 9.17) is 9.72 Å². The molecule has 3 aromatic heterocycles. The average Bonchev–Trinajstić information content (AvgIpc) is 2.82. The summed E-state index contributed by atoms with van der Waals surface area (Å²) in [6.45, 7) is 9.07. The summed E-state index contributed by atoms with van der Waals surface area (Å²) in [5.74, 6) is -0.458. The van der Waals surface area contributed by atoms with Crippen LogP contribution in [-0.2, 0) is 11.3 Å². The largest absolute Gasteiger partial charge is 0.382 e. The smallest absolute Gasteiger partial charge is 0.279 e. The molecule has 1 aromatic carbocycles. The van der Waals surface area contributed by atoms with Crippen molar-refractivity contribution in [1.82, 2.24) is 14.0 Å². The highest BCUT2D eigenvalue weighted by Gasteiger charge is 2.16. The minimum Gasteiger partial charge on any atom is -0.382 e. The molecule has 0 saturated carbocycles. The minimum atomic E-state index is -0.458. The van der Waals surface area contributed by atoms with Crippen molar-refractivity contribution < 1.29 is 9.53 Å². The van der Waals surface area contributed by atoms with E-state index in [-0.39, 0.29) is 16.6 Å². The lowest BCUT2D eigenvalue weighted by atomic mass is 10.1. The van der Waals surface area contributed by atoms with Crippen molar-refractivity contribution in [2.45, 2.75) is 40.7 Å². The average molecular weight is 470 g/mol. The van der Waals surface area contributed by atoms with Crippen LogP contribution in [0.25, 0.3) is 16.7 Å². The highest BCUT2D eigenvalue weighted by atomic mass is 16.5. The number of nitrogens with zero attached hydrogens (tertiary/aromatic N) is 5. The Morgan fingerprint density at radius 3 is 2.57 bits per heavy atom. The molecule has 0 spiro atoms. The third-order valence-electron chi connectivity index (χ3n) is 5.78. The number of fused-ring (bicyclic) bond motifs is 2. The number of hydrogen-bond acceptors (Lipinski definition) is 5. The predicted molar refractivity (Wildman–Crippen MR) is 133 cm³/mol. The fourth-order valence-corrected chi connectivity index (χ4v) is 4.23. The van der Waals surface area contributed by atoms with E-state index in [2.05, 4.69) is 11.1 Å². The Labute approximate surface area is 202 Å². The number of ether oxygens (including phenoxy) is 1. The summed E-state index contributed by atoms with van der Waals surface area (Å²) in [7, 11) is 0. The Balaban J connectivity index is 2.04. The molecule has 8 heteroatoms. The standard InChI is InChI=1S/C27H27N5O3/c1-5-35-11-7-10-31-24(30-26(33)20-13-17(2)12-18(3)14-20)21(16-28)15-22-25(31)29-23-19(4)8-6-9-32(23)27(22)34/h6,8-9,12-15H,5,7,10-11H2,1-4H3. The highest BCUT2D eigenvalue weighted by Crippen LogP contribution is 2.14. The van der Waals surface area contributed by atoms with Gasteiger partial charge in [-0.25, -0.2) is 4.98 Å². The highest BCUT2D eigenvalue weighted by molar-refractivity contribution is 5.95. The molecule has 0 saturated heterocycles. The van der Waals surface area contributed by atoms with E-state index in [0.29, 0.717) is 48.4 Å². The van der Waals surface area contributed by atoms with Crippen LogP contribution in [-0.4, -0.2) is 33.1 Å². The van der Waals surface area contributed by atoms with Gasteiger partial charge in [0.15, 0.2) is 5.49 Å². The fraction of sp³-hybridized carbons (Fsp3) is 0.296. The Hall–Kier alpha value is -4.09. The van der Waals surface area contributed by atoms with Gasteiger partial charge >= 0.3 is 0 Å². The molecule has 1 amide bonds. The normalized spacial score (nSPS) is 11.8. The second-order valence-corrected chi connectivity index (χ2v) is 8.53. The van der Waals surface area contributed by atoms with Gasteiger partial charge in [0, 0.05) is 31.5 Å². The lowest BCUT2D eigenvalue weighted by Crippen LogP contribution is -2.30. The number of amides is 1. The maximum absolute atomic E-state index is 13.3. The number of aryl methyl sites for hydroxylation is 4. The molecule has 0 aliphatic heterocycles. The van der Waals surface area contributed by atoms with E-state index in [0.717, 1.165) is 16.7 Å². The van der Waals surface area contributed by atoms with Crippen LogP contribution in [0.4, 0.5) is 0 Å². The zero-order chi connectivity index (χ0) is 25.1. The van der Waals surface area contributed by atoms with Crippen molar-refractivity contribution in [3.05, 3.63) is 86.3 Å². The number of carbonyl (C=O) groups is 1. The number of hydrogen-bond donors (Lipinski definition) is 0. The molecule has 0 atom stereocenters. The third-order valence-corrected chi connectivity index (χ3v) is 5.78. The van der Waals surface area contributed by atoms with E-state index in [1.54, 1.807) is 29.0 Å². The molecule has 0 fully saturated rings. The molecule has 8 nitrogen and oxygen atoms in total. The zero-order valence-corrected chi connectivity index (χ0v) is 20.3. The summed E-state index contributed by atoms with van der Waals surface area (Å²) in [6.07, 6.45) is 2.25. The lowest BCUT2D eigenvalue weighted by Gasteiger charge is -2.14. The monoisotopic (exact) mass is 469 g/mol. The van der Waals surface area contributed by atoms with E-state index in [1.165, 1.54) is 10.5 Å². The van der Waals surface area contributed by atoms with Gasteiger partial charge < -0.3 is 9.30 Å². The number of carbonyl (C=O) groups excluding carboxylic acids is 1. The first-order valence-electron chi connectivity index (χ1n) is 11.5. The van der Waals surface area contributed by atoms with Crippen molar-refractivity contribution in [3.8, 4) is 6.07 Å². The zero-order valence-electron chi connectivity index (χ0n) is 20.3. The summed E-state index contributed by atoms with van der Waals surface area (Å²) in [5, 5.41) is 10.2.